The van der Waals surface area contributed by atoms with Crippen LogP contribution in [0.5, 0.6) is 0 Å². The Kier molecular flexibility index (Phi) is 3.03. The van der Waals surface area contributed by atoms with Gasteiger partial charge in [0.15, 0.2) is 0 Å². The van der Waals surface area contributed by atoms with E-state index in [0.29, 0.717) is 13.1 Å². The zero-order valence-corrected chi connectivity index (χ0v) is 10.0. The summed E-state index contributed by atoms with van der Waals surface area (Å²) in [5.41, 5.74) is 0. The van der Waals surface area contributed by atoms with Gasteiger partial charge in [0.25, 0.3) is 10.2 Å². The molecule has 0 bridgehead atoms. The van der Waals surface area contributed by atoms with E-state index in [4.69, 9.17) is 0 Å². The smallest absolute Gasteiger partial charge is 0.279 e. The fraction of sp³-hybridized carbons (Fsp3) is 1.00. The molecular weight excluding hydrogens is 214 g/mol. The third-order valence-electron chi connectivity index (χ3n) is 2.76. The lowest BCUT2D eigenvalue weighted by Crippen LogP contribution is -2.58. The third-order valence-corrected chi connectivity index (χ3v) is 4.37. The standard InChI is InChI=1S/C9H19N3O2S/c1-7-5-12(6-8(2)10-7)15(13,14)11-9-3-4-9/h7-11H,3-6H2,1-2H3. The molecule has 2 atom stereocenters. The first kappa shape index (κ1) is 11.3. The highest BCUT2D eigenvalue weighted by atomic mass is 32.2. The largest absolute Gasteiger partial charge is 0.309 e. The van der Waals surface area contributed by atoms with Crippen molar-refractivity contribution in [2.75, 3.05) is 13.1 Å². The SMILES string of the molecule is CC1CN(S(=O)(=O)NC2CC2)CC(C)N1. The van der Waals surface area contributed by atoms with E-state index in [0.717, 1.165) is 12.8 Å². The van der Waals surface area contributed by atoms with Crippen molar-refractivity contribution in [3.63, 3.8) is 0 Å². The summed E-state index contributed by atoms with van der Waals surface area (Å²) in [5, 5.41) is 3.32. The molecule has 1 aliphatic heterocycles. The molecule has 0 amide bonds. The summed E-state index contributed by atoms with van der Waals surface area (Å²) in [6.45, 7) is 5.14. The average Bonchev–Trinajstić information content (AvgIpc) is 2.85. The van der Waals surface area contributed by atoms with E-state index >= 15 is 0 Å². The molecule has 2 aliphatic rings. The Labute approximate surface area is 91.4 Å². The molecule has 1 saturated carbocycles. The molecule has 0 spiro atoms. The first-order valence-electron chi connectivity index (χ1n) is 5.51. The van der Waals surface area contributed by atoms with Gasteiger partial charge in [-0.1, -0.05) is 0 Å². The minimum absolute atomic E-state index is 0.190. The van der Waals surface area contributed by atoms with Crippen molar-refractivity contribution in [3.05, 3.63) is 0 Å². The van der Waals surface area contributed by atoms with Crippen LogP contribution in [-0.4, -0.2) is 43.9 Å². The second-order valence-corrected chi connectivity index (χ2v) is 6.39. The molecule has 1 aliphatic carbocycles. The fourth-order valence-corrected chi connectivity index (χ4v) is 3.60. The van der Waals surface area contributed by atoms with E-state index in [9.17, 15) is 8.42 Å². The quantitative estimate of drug-likeness (QED) is 0.701. The van der Waals surface area contributed by atoms with Gasteiger partial charge in [0.1, 0.15) is 0 Å². The Balaban J connectivity index is 2.01. The molecule has 2 unspecified atom stereocenters. The van der Waals surface area contributed by atoms with Gasteiger partial charge in [-0.25, -0.2) is 0 Å². The highest BCUT2D eigenvalue weighted by Crippen LogP contribution is 2.21. The number of hydrogen-bond donors (Lipinski definition) is 2. The topological polar surface area (TPSA) is 61.4 Å². The monoisotopic (exact) mass is 233 g/mol. The van der Waals surface area contributed by atoms with Gasteiger partial charge in [-0.2, -0.15) is 17.4 Å². The second kappa shape index (κ2) is 4.01. The molecule has 2 rings (SSSR count). The van der Waals surface area contributed by atoms with Crippen LogP contribution < -0.4 is 10.0 Å². The van der Waals surface area contributed by atoms with Crippen molar-refractivity contribution in [2.45, 2.75) is 44.8 Å². The number of hydrogen-bond acceptors (Lipinski definition) is 3. The van der Waals surface area contributed by atoms with Crippen LogP contribution in [0.1, 0.15) is 26.7 Å². The molecular formula is C9H19N3O2S. The zero-order chi connectivity index (χ0) is 11.1. The van der Waals surface area contributed by atoms with Crippen molar-refractivity contribution in [1.29, 1.82) is 0 Å². The molecule has 0 aromatic heterocycles. The number of rotatable bonds is 3. The van der Waals surface area contributed by atoms with E-state index < -0.39 is 10.2 Å². The van der Waals surface area contributed by atoms with Crippen LogP contribution in [0.3, 0.4) is 0 Å². The molecule has 0 aromatic carbocycles. The Morgan fingerprint density at radius 3 is 2.20 bits per heavy atom. The van der Waals surface area contributed by atoms with Gasteiger partial charge in [0.2, 0.25) is 0 Å². The Morgan fingerprint density at radius 2 is 1.73 bits per heavy atom. The lowest BCUT2D eigenvalue weighted by Gasteiger charge is -2.35. The minimum atomic E-state index is -3.24. The molecule has 5 nitrogen and oxygen atoms in total. The summed E-state index contributed by atoms with van der Waals surface area (Å²) in [6, 6.07) is 0.643. The van der Waals surface area contributed by atoms with Crippen molar-refractivity contribution in [3.8, 4) is 0 Å². The van der Waals surface area contributed by atoms with E-state index in [1.165, 1.54) is 0 Å². The van der Waals surface area contributed by atoms with Crippen LogP contribution in [0, 0.1) is 0 Å². The highest BCUT2D eigenvalue weighted by molar-refractivity contribution is 7.87. The van der Waals surface area contributed by atoms with Crippen LogP contribution in [0.15, 0.2) is 0 Å². The van der Waals surface area contributed by atoms with Crippen molar-refractivity contribution in [1.82, 2.24) is 14.3 Å². The second-order valence-electron chi connectivity index (χ2n) is 4.68. The van der Waals surface area contributed by atoms with Crippen LogP contribution in [0.25, 0.3) is 0 Å². The molecule has 88 valence electrons. The lowest BCUT2D eigenvalue weighted by atomic mass is 10.2. The van der Waals surface area contributed by atoms with Crippen LogP contribution >= 0.6 is 0 Å². The maximum atomic E-state index is 11.9. The van der Waals surface area contributed by atoms with Gasteiger partial charge in [0, 0.05) is 31.2 Å². The van der Waals surface area contributed by atoms with Crippen molar-refractivity contribution in [2.24, 2.45) is 0 Å². The van der Waals surface area contributed by atoms with Crippen molar-refractivity contribution >= 4 is 10.2 Å². The molecule has 2 fully saturated rings. The Hall–Kier alpha value is -0.170. The van der Waals surface area contributed by atoms with Gasteiger partial charge in [-0.05, 0) is 26.7 Å². The average molecular weight is 233 g/mol. The third kappa shape index (κ3) is 2.90. The molecule has 1 saturated heterocycles. The number of nitrogens with zero attached hydrogens (tertiary/aromatic N) is 1. The maximum absolute atomic E-state index is 11.9. The highest BCUT2D eigenvalue weighted by Gasteiger charge is 2.34. The zero-order valence-electron chi connectivity index (χ0n) is 9.23. The summed E-state index contributed by atoms with van der Waals surface area (Å²) >= 11 is 0. The van der Waals surface area contributed by atoms with E-state index in [1.807, 2.05) is 13.8 Å². The summed E-state index contributed by atoms with van der Waals surface area (Å²) in [7, 11) is -3.24. The van der Waals surface area contributed by atoms with E-state index in [1.54, 1.807) is 4.31 Å². The Bertz CT molecular complexity index is 316. The molecule has 15 heavy (non-hydrogen) atoms. The molecule has 0 aromatic rings. The predicted octanol–water partition coefficient (Wildman–Crippen LogP) is -0.335. The minimum Gasteiger partial charge on any atom is -0.309 e. The fourth-order valence-electron chi connectivity index (χ4n) is 1.96. The summed E-state index contributed by atoms with van der Waals surface area (Å²) in [4.78, 5) is 0. The van der Waals surface area contributed by atoms with Crippen molar-refractivity contribution < 1.29 is 8.42 Å². The summed E-state index contributed by atoms with van der Waals surface area (Å²) in [6.07, 6.45) is 1.97. The van der Waals surface area contributed by atoms with Gasteiger partial charge in [-0.3, -0.25) is 0 Å². The molecule has 0 radical (unpaired) electrons. The number of piperazine rings is 1. The molecule has 2 N–H and O–H groups in total. The van der Waals surface area contributed by atoms with E-state index in [2.05, 4.69) is 10.0 Å². The van der Waals surface area contributed by atoms with Crippen LogP contribution in [0.4, 0.5) is 0 Å². The van der Waals surface area contributed by atoms with Gasteiger partial charge in [-0.15, -0.1) is 0 Å². The lowest BCUT2D eigenvalue weighted by molar-refractivity contribution is 0.260. The number of nitrogens with one attached hydrogen (secondary N) is 2. The van der Waals surface area contributed by atoms with Crippen LogP contribution in [0.2, 0.25) is 0 Å². The molecule has 6 heteroatoms. The normalized spacial score (nSPS) is 34.3. The van der Waals surface area contributed by atoms with Crippen LogP contribution in [-0.2, 0) is 10.2 Å². The predicted molar refractivity (Wildman–Crippen MR) is 58.7 cm³/mol. The first-order chi connectivity index (χ1) is 6.97. The Morgan fingerprint density at radius 1 is 1.20 bits per heavy atom. The first-order valence-corrected chi connectivity index (χ1v) is 6.95. The summed E-state index contributed by atoms with van der Waals surface area (Å²) < 4.78 is 28.1. The van der Waals surface area contributed by atoms with E-state index in [-0.39, 0.29) is 18.1 Å². The van der Waals surface area contributed by atoms with Gasteiger partial charge in [0.05, 0.1) is 0 Å². The van der Waals surface area contributed by atoms with Gasteiger partial charge < -0.3 is 5.32 Å². The summed E-state index contributed by atoms with van der Waals surface area (Å²) in [5.74, 6) is 0. The maximum Gasteiger partial charge on any atom is 0.279 e. The van der Waals surface area contributed by atoms with Gasteiger partial charge >= 0.3 is 0 Å². The molecule has 1 heterocycles.